The molecule has 0 saturated heterocycles. The summed E-state index contributed by atoms with van der Waals surface area (Å²) >= 11 is 0. The SMILES string of the molecule is CCC(OC)C(=O)OCC(C)=O. The van der Waals surface area contributed by atoms with Gasteiger partial charge >= 0.3 is 5.97 Å². The van der Waals surface area contributed by atoms with Gasteiger partial charge in [0, 0.05) is 7.11 Å². The largest absolute Gasteiger partial charge is 0.456 e. The van der Waals surface area contributed by atoms with Gasteiger partial charge in [-0.05, 0) is 13.3 Å². The highest BCUT2D eigenvalue weighted by Gasteiger charge is 2.16. The Bertz CT molecular complexity index is 160. The van der Waals surface area contributed by atoms with Crippen LogP contribution in [0.5, 0.6) is 0 Å². The van der Waals surface area contributed by atoms with Gasteiger partial charge in [-0.2, -0.15) is 0 Å². The maximum Gasteiger partial charge on any atom is 0.335 e. The Morgan fingerprint density at radius 3 is 2.33 bits per heavy atom. The van der Waals surface area contributed by atoms with E-state index in [1.165, 1.54) is 14.0 Å². The number of methoxy groups -OCH3 is 1. The van der Waals surface area contributed by atoms with Crippen molar-refractivity contribution in [3.05, 3.63) is 0 Å². The molecule has 70 valence electrons. The minimum Gasteiger partial charge on any atom is -0.456 e. The van der Waals surface area contributed by atoms with Crippen LogP contribution >= 0.6 is 0 Å². The predicted octanol–water partition coefficient (Wildman–Crippen LogP) is 0.544. The Balaban J connectivity index is 3.77. The highest BCUT2D eigenvalue weighted by Crippen LogP contribution is 1.98. The molecule has 1 unspecified atom stereocenters. The molecule has 4 heteroatoms. The number of hydrogen-bond acceptors (Lipinski definition) is 4. The lowest BCUT2D eigenvalue weighted by molar-refractivity contribution is -0.157. The lowest BCUT2D eigenvalue weighted by Crippen LogP contribution is -2.26. The van der Waals surface area contributed by atoms with Gasteiger partial charge in [0.15, 0.2) is 11.9 Å². The van der Waals surface area contributed by atoms with Gasteiger partial charge in [-0.1, -0.05) is 6.92 Å². The molecule has 0 aromatic heterocycles. The molecule has 4 nitrogen and oxygen atoms in total. The second-order valence-corrected chi connectivity index (χ2v) is 2.44. The average molecular weight is 174 g/mol. The standard InChI is InChI=1S/C8H14O4/c1-4-7(11-3)8(10)12-5-6(2)9/h7H,4-5H2,1-3H3. The van der Waals surface area contributed by atoms with Crippen molar-refractivity contribution < 1.29 is 19.1 Å². The van der Waals surface area contributed by atoms with E-state index in [0.29, 0.717) is 6.42 Å². The summed E-state index contributed by atoms with van der Waals surface area (Å²) in [6, 6.07) is 0. The first-order valence-electron chi connectivity index (χ1n) is 3.80. The summed E-state index contributed by atoms with van der Waals surface area (Å²) in [5, 5.41) is 0. The number of ketones is 1. The van der Waals surface area contributed by atoms with E-state index in [9.17, 15) is 9.59 Å². The zero-order chi connectivity index (χ0) is 9.56. The molecular weight excluding hydrogens is 160 g/mol. The lowest BCUT2D eigenvalue weighted by Gasteiger charge is -2.10. The third-order valence-electron chi connectivity index (χ3n) is 1.34. The summed E-state index contributed by atoms with van der Waals surface area (Å²) in [7, 11) is 1.43. The van der Waals surface area contributed by atoms with Crippen LogP contribution in [-0.2, 0) is 19.1 Å². The van der Waals surface area contributed by atoms with Crippen molar-refractivity contribution in [2.75, 3.05) is 13.7 Å². The number of carbonyl (C=O) groups excluding carboxylic acids is 2. The van der Waals surface area contributed by atoms with E-state index in [0.717, 1.165) is 0 Å². The lowest BCUT2D eigenvalue weighted by atomic mass is 10.3. The van der Waals surface area contributed by atoms with Crippen molar-refractivity contribution in [1.82, 2.24) is 0 Å². The third kappa shape index (κ3) is 4.08. The molecule has 0 bridgehead atoms. The minimum absolute atomic E-state index is 0.168. The molecule has 0 radical (unpaired) electrons. The van der Waals surface area contributed by atoms with Gasteiger partial charge in [0.05, 0.1) is 0 Å². The van der Waals surface area contributed by atoms with Crippen LogP contribution in [0, 0.1) is 0 Å². The van der Waals surface area contributed by atoms with E-state index in [2.05, 4.69) is 4.74 Å². The fourth-order valence-corrected chi connectivity index (χ4v) is 0.695. The van der Waals surface area contributed by atoms with Gasteiger partial charge in [0.1, 0.15) is 6.61 Å². The molecule has 0 spiro atoms. The van der Waals surface area contributed by atoms with Crippen molar-refractivity contribution in [3.63, 3.8) is 0 Å². The summed E-state index contributed by atoms with van der Waals surface area (Å²) in [5.41, 5.74) is 0. The predicted molar refractivity (Wildman–Crippen MR) is 42.7 cm³/mol. The first kappa shape index (κ1) is 11.1. The first-order valence-corrected chi connectivity index (χ1v) is 3.80. The highest BCUT2D eigenvalue weighted by atomic mass is 16.6. The van der Waals surface area contributed by atoms with Crippen molar-refractivity contribution in [1.29, 1.82) is 0 Å². The minimum atomic E-state index is -0.552. The number of hydrogen-bond donors (Lipinski definition) is 0. The summed E-state index contributed by atoms with van der Waals surface area (Å²) in [6.45, 7) is 3.00. The van der Waals surface area contributed by atoms with Crippen LogP contribution in [-0.4, -0.2) is 31.6 Å². The van der Waals surface area contributed by atoms with Crippen LogP contribution in [0.4, 0.5) is 0 Å². The van der Waals surface area contributed by atoms with Crippen molar-refractivity contribution in [3.8, 4) is 0 Å². The van der Waals surface area contributed by atoms with E-state index in [4.69, 9.17) is 4.74 Å². The van der Waals surface area contributed by atoms with Gasteiger partial charge < -0.3 is 9.47 Å². The van der Waals surface area contributed by atoms with Crippen LogP contribution < -0.4 is 0 Å². The second-order valence-electron chi connectivity index (χ2n) is 2.44. The molecule has 0 amide bonds. The summed E-state index contributed by atoms with van der Waals surface area (Å²) < 4.78 is 9.44. The zero-order valence-corrected chi connectivity index (χ0v) is 7.62. The Morgan fingerprint density at radius 2 is 2.00 bits per heavy atom. The van der Waals surface area contributed by atoms with Crippen molar-refractivity contribution in [2.24, 2.45) is 0 Å². The number of Topliss-reactive ketones (excluding diaryl/α,β-unsaturated/α-hetero) is 1. The van der Waals surface area contributed by atoms with E-state index in [1.807, 2.05) is 6.92 Å². The highest BCUT2D eigenvalue weighted by molar-refractivity contribution is 5.81. The third-order valence-corrected chi connectivity index (χ3v) is 1.34. The van der Waals surface area contributed by atoms with Gasteiger partial charge in [0.2, 0.25) is 0 Å². The molecule has 0 aliphatic rings. The topological polar surface area (TPSA) is 52.6 Å². The molecular formula is C8H14O4. The van der Waals surface area contributed by atoms with Crippen LogP contribution in [0.15, 0.2) is 0 Å². The fraction of sp³-hybridized carbons (Fsp3) is 0.750. The molecule has 1 atom stereocenters. The van der Waals surface area contributed by atoms with E-state index >= 15 is 0 Å². The molecule has 0 aromatic carbocycles. The van der Waals surface area contributed by atoms with Crippen molar-refractivity contribution >= 4 is 11.8 Å². The number of ether oxygens (including phenoxy) is 2. The van der Waals surface area contributed by atoms with Crippen LogP contribution in [0.1, 0.15) is 20.3 Å². The molecule has 0 fully saturated rings. The second kappa shape index (κ2) is 5.71. The normalized spacial score (nSPS) is 12.2. The maximum atomic E-state index is 11.0. The van der Waals surface area contributed by atoms with Crippen LogP contribution in [0.2, 0.25) is 0 Å². The summed E-state index contributed by atoms with van der Waals surface area (Å²) in [6.07, 6.45) is -0.00268. The van der Waals surface area contributed by atoms with Gasteiger partial charge in [-0.3, -0.25) is 4.79 Å². The summed E-state index contributed by atoms with van der Waals surface area (Å²) in [4.78, 5) is 21.4. The maximum absolute atomic E-state index is 11.0. The Labute approximate surface area is 71.8 Å². The Morgan fingerprint density at radius 1 is 1.42 bits per heavy atom. The van der Waals surface area contributed by atoms with E-state index in [1.54, 1.807) is 0 Å². The zero-order valence-electron chi connectivity index (χ0n) is 7.62. The number of esters is 1. The number of carbonyl (C=O) groups is 2. The molecule has 0 N–H and O–H groups in total. The molecule has 0 rings (SSSR count). The average Bonchev–Trinajstić information content (AvgIpc) is 2.03. The van der Waals surface area contributed by atoms with Gasteiger partial charge in [-0.15, -0.1) is 0 Å². The van der Waals surface area contributed by atoms with Gasteiger partial charge in [-0.25, -0.2) is 4.79 Å². The van der Waals surface area contributed by atoms with Gasteiger partial charge in [0.25, 0.3) is 0 Å². The fourth-order valence-electron chi connectivity index (χ4n) is 0.695. The van der Waals surface area contributed by atoms with E-state index in [-0.39, 0.29) is 12.4 Å². The summed E-state index contributed by atoms with van der Waals surface area (Å²) in [5.74, 6) is -0.649. The molecule has 0 aromatic rings. The molecule has 0 aliphatic carbocycles. The monoisotopic (exact) mass is 174 g/mol. The van der Waals surface area contributed by atoms with Crippen LogP contribution in [0.25, 0.3) is 0 Å². The Kier molecular flexibility index (Phi) is 5.28. The molecule has 0 saturated carbocycles. The number of rotatable bonds is 5. The van der Waals surface area contributed by atoms with E-state index < -0.39 is 12.1 Å². The molecule has 12 heavy (non-hydrogen) atoms. The first-order chi connectivity index (χ1) is 5.61. The van der Waals surface area contributed by atoms with Crippen molar-refractivity contribution in [2.45, 2.75) is 26.4 Å². The van der Waals surface area contributed by atoms with Crippen LogP contribution in [0.3, 0.4) is 0 Å². The smallest absolute Gasteiger partial charge is 0.335 e. The molecule has 0 heterocycles. The quantitative estimate of drug-likeness (QED) is 0.571. The Hall–Kier alpha value is -0.900. The molecule has 0 aliphatic heterocycles.